The number of fused-ring (bicyclic) bond motifs is 1. The molecule has 4 rings (SSSR count). The Balaban J connectivity index is 1.75. The monoisotopic (exact) mass is 462 g/mol. The maximum absolute atomic E-state index is 13.6. The normalized spacial score (nSPS) is 11.1. The van der Waals surface area contributed by atoms with E-state index in [1.54, 1.807) is 28.5 Å². The largest absolute Gasteiger partial charge is 0.496 e. The van der Waals surface area contributed by atoms with Crippen LogP contribution in [-0.4, -0.2) is 32.7 Å². The van der Waals surface area contributed by atoms with Gasteiger partial charge >= 0.3 is 0 Å². The Morgan fingerprint density at radius 2 is 1.94 bits per heavy atom. The van der Waals surface area contributed by atoms with Gasteiger partial charge in [-0.05, 0) is 44.0 Å². The van der Waals surface area contributed by atoms with E-state index in [4.69, 9.17) is 9.72 Å². The van der Waals surface area contributed by atoms with Gasteiger partial charge in [-0.3, -0.25) is 18.8 Å². The Hall–Kier alpha value is -3.39. The zero-order valence-electron chi connectivity index (χ0n) is 18.9. The molecule has 0 radical (unpaired) electrons. The number of aromatic nitrogens is 4. The van der Waals surface area contributed by atoms with Crippen molar-refractivity contribution in [3.05, 3.63) is 81.3 Å². The molecule has 0 amide bonds. The van der Waals surface area contributed by atoms with E-state index >= 15 is 0 Å². The van der Waals surface area contributed by atoms with Crippen LogP contribution >= 0.6 is 11.8 Å². The van der Waals surface area contributed by atoms with Crippen LogP contribution < -0.4 is 10.3 Å². The Labute approximate surface area is 196 Å². The zero-order chi connectivity index (χ0) is 23.4. The summed E-state index contributed by atoms with van der Waals surface area (Å²) in [5.41, 5.74) is 4.42. The molecule has 7 nitrogen and oxygen atoms in total. The number of aryl methyl sites for hydroxylation is 3. The van der Waals surface area contributed by atoms with E-state index < -0.39 is 0 Å². The fourth-order valence-corrected chi connectivity index (χ4v) is 4.83. The van der Waals surface area contributed by atoms with E-state index in [0.29, 0.717) is 52.8 Å². The van der Waals surface area contributed by atoms with Crippen molar-refractivity contribution in [2.45, 2.75) is 44.3 Å². The number of hydrogen-bond donors (Lipinski definition) is 0. The van der Waals surface area contributed by atoms with E-state index in [1.165, 1.54) is 11.8 Å². The lowest BCUT2D eigenvalue weighted by Crippen LogP contribution is -2.26. The van der Waals surface area contributed by atoms with Gasteiger partial charge in [0, 0.05) is 30.0 Å². The lowest BCUT2D eigenvalue weighted by molar-refractivity contribution is 0.112. The van der Waals surface area contributed by atoms with E-state index in [0.717, 1.165) is 23.1 Å². The van der Waals surface area contributed by atoms with Crippen LogP contribution in [0, 0.1) is 6.92 Å². The average Bonchev–Trinajstić information content (AvgIpc) is 3.18. The average molecular weight is 463 g/mol. The summed E-state index contributed by atoms with van der Waals surface area (Å²) in [5.74, 6) is 1.21. The highest BCUT2D eigenvalue weighted by Crippen LogP contribution is 2.29. The molecule has 4 aromatic rings. The third kappa shape index (κ3) is 4.71. The lowest BCUT2D eigenvalue weighted by atomic mass is 10.1. The van der Waals surface area contributed by atoms with E-state index in [2.05, 4.69) is 17.2 Å². The Morgan fingerprint density at radius 1 is 1.15 bits per heavy atom. The van der Waals surface area contributed by atoms with Crippen LogP contribution in [0.15, 0.2) is 58.5 Å². The molecular weight excluding hydrogens is 436 g/mol. The molecule has 8 heteroatoms. The molecule has 2 aromatic heterocycles. The van der Waals surface area contributed by atoms with Gasteiger partial charge in [-0.25, -0.2) is 4.98 Å². The van der Waals surface area contributed by atoms with Gasteiger partial charge in [0.1, 0.15) is 17.6 Å². The molecule has 0 spiro atoms. The third-order valence-electron chi connectivity index (χ3n) is 5.55. The van der Waals surface area contributed by atoms with Gasteiger partial charge in [0.25, 0.3) is 5.56 Å². The van der Waals surface area contributed by atoms with Crippen LogP contribution in [0.3, 0.4) is 0 Å². The highest BCUT2D eigenvalue weighted by molar-refractivity contribution is 7.98. The molecule has 0 aliphatic carbocycles. The van der Waals surface area contributed by atoms with Crippen LogP contribution in [0.2, 0.25) is 0 Å². The lowest BCUT2D eigenvalue weighted by Gasteiger charge is -2.14. The van der Waals surface area contributed by atoms with Crippen molar-refractivity contribution < 1.29 is 9.53 Å². The number of carbonyl (C=O) groups excluding carboxylic acids is 1. The molecule has 33 heavy (non-hydrogen) atoms. The number of methoxy groups -OCH3 is 1. The molecule has 0 fully saturated rings. The number of aldehydes is 1. The molecule has 0 saturated heterocycles. The van der Waals surface area contributed by atoms with E-state index in [9.17, 15) is 9.59 Å². The summed E-state index contributed by atoms with van der Waals surface area (Å²) in [6, 6.07) is 15.4. The SMILES string of the molecule is CCn1nc(C)c2nc(SCc3cc(C=O)ccc3OC)n(CCc3ccccc3)c(=O)c21. The number of rotatable bonds is 9. The maximum Gasteiger partial charge on any atom is 0.280 e. The molecule has 2 heterocycles. The highest BCUT2D eigenvalue weighted by Gasteiger charge is 2.19. The van der Waals surface area contributed by atoms with Gasteiger partial charge in [0.15, 0.2) is 10.7 Å². The van der Waals surface area contributed by atoms with Gasteiger partial charge in [-0.2, -0.15) is 5.10 Å². The quantitative estimate of drug-likeness (QED) is 0.210. The second-order valence-electron chi connectivity index (χ2n) is 7.66. The van der Waals surface area contributed by atoms with Gasteiger partial charge in [0.05, 0.1) is 12.8 Å². The van der Waals surface area contributed by atoms with Crippen LogP contribution in [0.4, 0.5) is 0 Å². The highest BCUT2D eigenvalue weighted by atomic mass is 32.2. The second-order valence-corrected chi connectivity index (χ2v) is 8.61. The number of thioether (sulfide) groups is 1. The molecular formula is C25H26N4O3S. The van der Waals surface area contributed by atoms with E-state index in [-0.39, 0.29) is 5.56 Å². The Bertz CT molecular complexity index is 1350. The van der Waals surface area contributed by atoms with Gasteiger partial charge < -0.3 is 4.74 Å². The minimum atomic E-state index is -0.0884. The van der Waals surface area contributed by atoms with Gasteiger partial charge in [-0.15, -0.1) is 0 Å². The minimum Gasteiger partial charge on any atom is -0.496 e. The molecule has 0 saturated carbocycles. The zero-order valence-corrected chi connectivity index (χ0v) is 19.8. The number of carbonyl (C=O) groups is 1. The molecule has 0 aliphatic rings. The third-order valence-corrected chi connectivity index (χ3v) is 6.57. The number of nitrogens with zero attached hydrogens (tertiary/aromatic N) is 4. The summed E-state index contributed by atoms with van der Waals surface area (Å²) in [6.07, 6.45) is 1.53. The van der Waals surface area contributed by atoms with E-state index in [1.807, 2.05) is 38.1 Å². The van der Waals surface area contributed by atoms with Crippen LogP contribution in [0.5, 0.6) is 5.75 Å². The van der Waals surface area contributed by atoms with Crippen molar-refractivity contribution in [3.8, 4) is 5.75 Å². The van der Waals surface area contributed by atoms with Crippen molar-refractivity contribution in [1.82, 2.24) is 19.3 Å². The molecule has 0 bridgehead atoms. The van der Waals surface area contributed by atoms with Crippen molar-refractivity contribution in [1.29, 1.82) is 0 Å². The first-order valence-corrected chi connectivity index (χ1v) is 11.8. The first kappa shape index (κ1) is 22.8. The molecule has 2 aromatic carbocycles. The summed E-state index contributed by atoms with van der Waals surface area (Å²) in [4.78, 5) is 29.7. The molecule has 170 valence electrons. The Kier molecular flexibility index (Phi) is 6.93. The minimum absolute atomic E-state index is 0.0884. The summed E-state index contributed by atoms with van der Waals surface area (Å²) < 4.78 is 8.93. The first-order chi connectivity index (χ1) is 16.0. The molecule has 0 atom stereocenters. The van der Waals surface area contributed by atoms with Crippen LogP contribution in [0.25, 0.3) is 11.0 Å². The number of hydrogen-bond acceptors (Lipinski definition) is 6. The fourth-order valence-electron chi connectivity index (χ4n) is 3.84. The van der Waals surface area contributed by atoms with Crippen LogP contribution in [0.1, 0.15) is 34.1 Å². The van der Waals surface area contributed by atoms with Crippen molar-refractivity contribution in [3.63, 3.8) is 0 Å². The predicted octanol–water partition coefficient (Wildman–Crippen LogP) is 4.28. The summed E-state index contributed by atoms with van der Waals surface area (Å²) in [5, 5.41) is 5.14. The van der Waals surface area contributed by atoms with Gasteiger partial charge in [0.2, 0.25) is 0 Å². The smallest absolute Gasteiger partial charge is 0.280 e. The standard InChI is InChI=1S/C25H26N4O3S/c1-4-29-23-22(17(2)27-29)26-25(28(24(23)31)13-12-18-8-6-5-7-9-18)33-16-20-14-19(15-30)10-11-21(20)32-3/h5-11,14-15H,4,12-13,16H2,1-3H3. The predicted molar refractivity (Wildman–Crippen MR) is 130 cm³/mol. The Morgan fingerprint density at radius 3 is 2.64 bits per heavy atom. The molecule has 0 aliphatic heterocycles. The molecule has 0 N–H and O–H groups in total. The number of ether oxygens (including phenoxy) is 1. The van der Waals surface area contributed by atoms with Crippen LogP contribution in [-0.2, 0) is 25.3 Å². The topological polar surface area (TPSA) is 79.0 Å². The van der Waals surface area contributed by atoms with Crippen molar-refractivity contribution in [2.24, 2.45) is 0 Å². The summed E-state index contributed by atoms with van der Waals surface area (Å²) in [6.45, 7) is 4.95. The summed E-state index contributed by atoms with van der Waals surface area (Å²) >= 11 is 1.46. The first-order valence-electron chi connectivity index (χ1n) is 10.8. The van der Waals surface area contributed by atoms with Crippen molar-refractivity contribution in [2.75, 3.05) is 7.11 Å². The fraction of sp³-hybridized carbons (Fsp3) is 0.280. The second kappa shape index (κ2) is 10.0. The maximum atomic E-state index is 13.6. The molecule has 0 unspecified atom stereocenters. The number of benzene rings is 2. The summed E-state index contributed by atoms with van der Waals surface area (Å²) in [7, 11) is 1.60. The van der Waals surface area contributed by atoms with Crippen molar-refractivity contribution >= 4 is 29.1 Å². The van der Waals surface area contributed by atoms with Gasteiger partial charge in [-0.1, -0.05) is 42.1 Å².